The van der Waals surface area contributed by atoms with Crippen LogP contribution in [0.5, 0.6) is 0 Å². The van der Waals surface area contributed by atoms with E-state index < -0.39 is 15.9 Å². The number of halogens is 2. The molecule has 1 aliphatic rings. The molecule has 138 valence electrons. The van der Waals surface area contributed by atoms with Crippen molar-refractivity contribution in [2.45, 2.75) is 17.7 Å². The highest BCUT2D eigenvalue weighted by Crippen LogP contribution is 2.27. The van der Waals surface area contributed by atoms with E-state index in [9.17, 15) is 13.2 Å². The highest BCUT2D eigenvalue weighted by molar-refractivity contribution is 9.10. The number of anilines is 1. The first kappa shape index (κ1) is 19.4. The first-order valence-corrected chi connectivity index (χ1v) is 10.8. The molecule has 1 unspecified atom stereocenters. The molecule has 0 aliphatic carbocycles. The average molecular weight is 458 g/mol. The van der Waals surface area contributed by atoms with Gasteiger partial charge in [-0.15, -0.1) is 0 Å². The number of carbonyl (C=O) groups is 1. The van der Waals surface area contributed by atoms with Gasteiger partial charge in [-0.25, -0.2) is 8.42 Å². The lowest BCUT2D eigenvalue weighted by atomic mass is 9.99. The van der Waals surface area contributed by atoms with E-state index in [2.05, 4.69) is 21.2 Å². The third kappa shape index (κ3) is 4.28. The van der Waals surface area contributed by atoms with Crippen LogP contribution in [-0.2, 0) is 14.8 Å². The average Bonchev–Trinajstić information content (AvgIpc) is 2.65. The van der Waals surface area contributed by atoms with Gasteiger partial charge >= 0.3 is 0 Å². The van der Waals surface area contributed by atoms with Gasteiger partial charge in [0.2, 0.25) is 15.9 Å². The van der Waals surface area contributed by atoms with Gasteiger partial charge in [-0.2, -0.15) is 4.31 Å². The summed E-state index contributed by atoms with van der Waals surface area (Å²) in [7, 11) is -3.59. The summed E-state index contributed by atoms with van der Waals surface area (Å²) >= 11 is 9.28. The van der Waals surface area contributed by atoms with Crippen molar-refractivity contribution in [2.24, 2.45) is 5.92 Å². The fraction of sp³-hybridized carbons (Fsp3) is 0.278. The predicted octanol–water partition coefficient (Wildman–Crippen LogP) is 4.14. The maximum Gasteiger partial charge on any atom is 0.243 e. The number of hydrogen-bond acceptors (Lipinski definition) is 3. The fourth-order valence-corrected chi connectivity index (χ4v) is 4.98. The monoisotopic (exact) mass is 456 g/mol. The van der Waals surface area contributed by atoms with Crippen molar-refractivity contribution in [1.29, 1.82) is 0 Å². The SMILES string of the molecule is O=C(Nc1ccc(Cl)c(Br)c1)C1CCCN(S(=O)(=O)c2ccccc2)C1. The van der Waals surface area contributed by atoms with Crippen LogP contribution in [0, 0.1) is 5.92 Å². The van der Waals surface area contributed by atoms with Crippen LogP contribution in [0.25, 0.3) is 0 Å². The van der Waals surface area contributed by atoms with Gasteiger partial charge in [-0.05, 0) is 59.1 Å². The molecule has 5 nitrogen and oxygen atoms in total. The van der Waals surface area contributed by atoms with Gasteiger partial charge in [-0.1, -0.05) is 29.8 Å². The van der Waals surface area contributed by atoms with Crippen LogP contribution in [0.3, 0.4) is 0 Å². The van der Waals surface area contributed by atoms with Crippen molar-refractivity contribution in [3.63, 3.8) is 0 Å². The summed E-state index contributed by atoms with van der Waals surface area (Å²) in [4.78, 5) is 12.8. The Morgan fingerprint density at radius 3 is 2.62 bits per heavy atom. The molecule has 26 heavy (non-hydrogen) atoms. The largest absolute Gasteiger partial charge is 0.326 e. The number of nitrogens with zero attached hydrogens (tertiary/aromatic N) is 1. The first-order valence-electron chi connectivity index (χ1n) is 8.19. The van der Waals surface area contributed by atoms with E-state index in [4.69, 9.17) is 11.6 Å². The molecule has 2 aromatic rings. The topological polar surface area (TPSA) is 66.5 Å². The molecule has 0 aromatic heterocycles. The number of piperidine rings is 1. The van der Waals surface area contributed by atoms with E-state index in [0.717, 1.165) is 0 Å². The smallest absolute Gasteiger partial charge is 0.243 e. The molecule has 1 N–H and O–H groups in total. The zero-order valence-electron chi connectivity index (χ0n) is 13.9. The Balaban J connectivity index is 1.71. The van der Waals surface area contributed by atoms with E-state index in [1.807, 2.05) is 0 Å². The van der Waals surface area contributed by atoms with Crippen LogP contribution in [0.4, 0.5) is 5.69 Å². The Morgan fingerprint density at radius 2 is 1.92 bits per heavy atom. The lowest BCUT2D eigenvalue weighted by Crippen LogP contribution is -2.43. The molecule has 0 bridgehead atoms. The van der Waals surface area contributed by atoms with Crippen molar-refractivity contribution in [3.05, 3.63) is 58.0 Å². The number of benzene rings is 2. The zero-order valence-corrected chi connectivity index (χ0v) is 17.0. The summed E-state index contributed by atoms with van der Waals surface area (Å²) in [6, 6.07) is 13.4. The third-order valence-electron chi connectivity index (χ3n) is 4.32. The summed E-state index contributed by atoms with van der Waals surface area (Å²) in [5.41, 5.74) is 0.620. The van der Waals surface area contributed by atoms with Crippen LogP contribution in [0.15, 0.2) is 57.9 Å². The van der Waals surface area contributed by atoms with Crippen molar-refractivity contribution in [1.82, 2.24) is 4.31 Å². The number of amides is 1. The first-order chi connectivity index (χ1) is 12.4. The Kier molecular flexibility index (Phi) is 6.02. The van der Waals surface area contributed by atoms with E-state index in [1.165, 1.54) is 4.31 Å². The van der Waals surface area contributed by atoms with Crippen LogP contribution in [0.1, 0.15) is 12.8 Å². The lowest BCUT2D eigenvalue weighted by Gasteiger charge is -2.31. The van der Waals surface area contributed by atoms with Gasteiger partial charge in [-0.3, -0.25) is 4.79 Å². The summed E-state index contributed by atoms with van der Waals surface area (Å²) in [5.74, 6) is -0.580. The molecule has 2 aromatic carbocycles. The van der Waals surface area contributed by atoms with Crippen LogP contribution in [0.2, 0.25) is 5.02 Å². The van der Waals surface area contributed by atoms with Crippen LogP contribution < -0.4 is 5.32 Å². The second-order valence-electron chi connectivity index (χ2n) is 6.13. The molecule has 1 aliphatic heterocycles. The van der Waals surface area contributed by atoms with E-state index in [0.29, 0.717) is 34.6 Å². The Labute approximate surface area is 166 Å². The standard InChI is InChI=1S/C18H18BrClN2O3S/c19-16-11-14(8-9-17(16)20)21-18(23)13-5-4-10-22(12-13)26(24,25)15-6-2-1-3-7-15/h1-3,6-9,11,13H,4-5,10,12H2,(H,21,23). The molecular weight excluding hydrogens is 440 g/mol. The highest BCUT2D eigenvalue weighted by Gasteiger charge is 2.33. The molecular formula is C18H18BrClN2O3S. The molecule has 0 radical (unpaired) electrons. The highest BCUT2D eigenvalue weighted by atomic mass is 79.9. The number of carbonyl (C=O) groups excluding carboxylic acids is 1. The Bertz CT molecular complexity index is 906. The van der Waals surface area contributed by atoms with Crippen molar-refractivity contribution < 1.29 is 13.2 Å². The molecule has 1 heterocycles. The van der Waals surface area contributed by atoms with Gasteiger partial charge in [0.05, 0.1) is 15.8 Å². The van der Waals surface area contributed by atoms with Crippen LogP contribution >= 0.6 is 27.5 Å². The minimum atomic E-state index is -3.59. The quantitative estimate of drug-likeness (QED) is 0.750. The van der Waals surface area contributed by atoms with Crippen molar-refractivity contribution in [3.8, 4) is 0 Å². The van der Waals surface area contributed by atoms with Crippen LogP contribution in [-0.4, -0.2) is 31.7 Å². The van der Waals surface area contributed by atoms with Gasteiger partial charge in [0, 0.05) is 23.2 Å². The van der Waals surface area contributed by atoms with Crippen molar-refractivity contribution in [2.75, 3.05) is 18.4 Å². The number of nitrogens with one attached hydrogen (secondary N) is 1. The summed E-state index contributed by atoms with van der Waals surface area (Å²) in [5, 5.41) is 3.40. The van der Waals surface area contributed by atoms with Gasteiger partial charge in [0.1, 0.15) is 0 Å². The summed E-state index contributed by atoms with van der Waals surface area (Å²) in [6.07, 6.45) is 1.30. The number of sulfonamides is 1. The van der Waals surface area contributed by atoms with Gasteiger partial charge in [0.25, 0.3) is 0 Å². The molecule has 0 saturated carbocycles. The maximum atomic E-state index is 12.8. The molecule has 1 amide bonds. The van der Waals surface area contributed by atoms with E-state index in [1.54, 1.807) is 48.5 Å². The molecule has 1 atom stereocenters. The third-order valence-corrected chi connectivity index (χ3v) is 7.42. The minimum Gasteiger partial charge on any atom is -0.326 e. The molecule has 1 fully saturated rings. The fourth-order valence-electron chi connectivity index (χ4n) is 2.93. The normalized spacial score (nSPS) is 18.5. The second-order valence-corrected chi connectivity index (χ2v) is 9.33. The molecule has 0 spiro atoms. The summed E-state index contributed by atoms with van der Waals surface area (Å²) in [6.45, 7) is 0.603. The minimum absolute atomic E-state index is 0.178. The molecule has 1 saturated heterocycles. The number of rotatable bonds is 4. The molecule has 8 heteroatoms. The van der Waals surface area contributed by atoms with Gasteiger partial charge < -0.3 is 5.32 Å². The summed E-state index contributed by atoms with van der Waals surface area (Å²) < 4.78 is 27.6. The lowest BCUT2D eigenvalue weighted by molar-refractivity contribution is -0.120. The maximum absolute atomic E-state index is 12.8. The zero-order chi connectivity index (χ0) is 18.7. The number of hydrogen-bond donors (Lipinski definition) is 1. The Morgan fingerprint density at radius 1 is 1.19 bits per heavy atom. The van der Waals surface area contributed by atoms with E-state index >= 15 is 0 Å². The predicted molar refractivity (Wildman–Crippen MR) is 106 cm³/mol. The molecule has 3 rings (SSSR count). The second kappa shape index (κ2) is 8.08. The Hall–Kier alpha value is -1.41. The van der Waals surface area contributed by atoms with E-state index in [-0.39, 0.29) is 17.3 Å². The van der Waals surface area contributed by atoms with Crippen molar-refractivity contribution >= 4 is 49.1 Å². The van der Waals surface area contributed by atoms with Gasteiger partial charge in [0.15, 0.2) is 0 Å².